The molecule has 0 aromatic heterocycles. The van der Waals surface area contributed by atoms with Gasteiger partial charge in [0, 0.05) is 18.7 Å². The summed E-state index contributed by atoms with van der Waals surface area (Å²) in [5.41, 5.74) is 0.958. The number of hydrogen-bond donors (Lipinski definition) is 1. The van der Waals surface area contributed by atoms with Crippen molar-refractivity contribution in [3.8, 4) is 11.5 Å². The zero-order chi connectivity index (χ0) is 10.9. The Kier molecular flexibility index (Phi) is 2.57. The lowest BCUT2D eigenvalue weighted by atomic mass is 10.1. The number of ether oxygens (including phenoxy) is 2. The van der Waals surface area contributed by atoms with Crippen LogP contribution in [0.2, 0.25) is 0 Å². The van der Waals surface area contributed by atoms with Crippen molar-refractivity contribution in [2.45, 2.75) is 26.0 Å². The number of methoxy groups -OCH3 is 1. The van der Waals surface area contributed by atoms with Gasteiger partial charge in [0.25, 0.3) is 0 Å². The summed E-state index contributed by atoms with van der Waals surface area (Å²) in [6.45, 7) is 5.81. The van der Waals surface area contributed by atoms with Crippen LogP contribution in [0.25, 0.3) is 0 Å². The predicted molar refractivity (Wildman–Crippen MR) is 59.4 cm³/mol. The minimum atomic E-state index is -0.195. The van der Waals surface area contributed by atoms with Gasteiger partial charge in [-0.05, 0) is 19.9 Å². The van der Waals surface area contributed by atoms with E-state index in [2.05, 4.69) is 25.2 Å². The molecule has 0 fully saturated rings. The van der Waals surface area contributed by atoms with E-state index in [1.165, 1.54) is 0 Å². The summed E-state index contributed by atoms with van der Waals surface area (Å²) in [7, 11) is 1.67. The van der Waals surface area contributed by atoms with Crippen LogP contribution >= 0.6 is 0 Å². The van der Waals surface area contributed by atoms with E-state index in [1.807, 2.05) is 12.1 Å². The molecule has 3 nitrogen and oxygen atoms in total. The molecule has 0 saturated heterocycles. The van der Waals surface area contributed by atoms with E-state index in [1.54, 1.807) is 7.11 Å². The van der Waals surface area contributed by atoms with Crippen molar-refractivity contribution in [2.75, 3.05) is 13.7 Å². The van der Waals surface area contributed by atoms with Crippen LogP contribution in [0.15, 0.2) is 18.2 Å². The maximum Gasteiger partial charge on any atom is 0.166 e. The smallest absolute Gasteiger partial charge is 0.166 e. The first-order chi connectivity index (χ1) is 7.12. The molecule has 15 heavy (non-hydrogen) atoms. The first-order valence-corrected chi connectivity index (χ1v) is 5.18. The third kappa shape index (κ3) is 2.07. The predicted octanol–water partition coefficient (Wildman–Crippen LogP) is 1.96. The first kappa shape index (κ1) is 10.3. The van der Waals surface area contributed by atoms with E-state index in [0.29, 0.717) is 0 Å². The highest BCUT2D eigenvalue weighted by atomic mass is 16.5. The topological polar surface area (TPSA) is 30.5 Å². The molecular weight excluding hydrogens is 190 g/mol. The molecule has 0 unspecified atom stereocenters. The first-order valence-electron chi connectivity index (χ1n) is 5.18. The van der Waals surface area contributed by atoms with Crippen molar-refractivity contribution in [2.24, 2.45) is 0 Å². The third-order valence-corrected chi connectivity index (χ3v) is 2.52. The second kappa shape index (κ2) is 3.74. The normalized spacial score (nSPS) is 18.6. The maximum atomic E-state index is 5.98. The largest absolute Gasteiger partial charge is 0.493 e. The van der Waals surface area contributed by atoms with Crippen LogP contribution in [-0.4, -0.2) is 19.3 Å². The fraction of sp³-hybridized carbons (Fsp3) is 0.500. The van der Waals surface area contributed by atoms with Gasteiger partial charge < -0.3 is 14.8 Å². The highest BCUT2D eigenvalue weighted by Gasteiger charge is 2.26. The minimum absolute atomic E-state index is 0.195. The van der Waals surface area contributed by atoms with E-state index in [9.17, 15) is 0 Å². The lowest BCUT2D eigenvalue weighted by molar-refractivity contribution is 0.110. The summed E-state index contributed by atoms with van der Waals surface area (Å²) in [4.78, 5) is 0. The van der Waals surface area contributed by atoms with Crippen LogP contribution in [-0.2, 0) is 6.54 Å². The minimum Gasteiger partial charge on any atom is -0.493 e. The van der Waals surface area contributed by atoms with E-state index < -0.39 is 0 Å². The molecule has 0 bridgehead atoms. The molecule has 0 radical (unpaired) electrons. The van der Waals surface area contributed by atoms with Crippen LogP contribution in [0.3, 0.4) is 0 Å². The monoisotopic (exact) mass is 207 g/mol. The molecule has 1 aliphatic heterocycles. The van der Waals surface area contributed by atoms with Gasteiger partial charge in [-0.15, -0.1) is 0 Å². The van der Waals surface area contributed by atoms with Crippen molar-refractivity contribution in [3.05, 3.63) is 23.8 Å². The molecule has 0 spiro atoms. The summed E-state index contributed by atoms with van der Waals surface area (Å²) in [5, 5.41) is 3.36. The Hall–Kier alpha value is -1.22. The van der Waals surface area contributed by atoms with E-state index >= 15 is 0 Å². The van der Waals surface area contributed by atoms with Crippen LogP contribution in [0, 0.1) is 0 Å². The molecule has 0 amide bonds. The molecule has 1 aromatic rings. The second-order valence-electron chi connectivity index (χ2n) is 4.41. The fourth-order valence-corrected chi connectivity index (χ4v) is 1.79. The van der Waals surface area contributed by atoms with E-state index in [0.717, 1.165) is 30.2 Å². The zero-order valence-corrected chi connectivity index (χ0v) is 9.46. The molecule has 0 saturated carbocycles. The molecule has 0 atom stereocenters. The summed E-state index contributed by atoms with van der Waals surface area (Å²) in [6.07, 6.45) is 0. The van der Waals surface area contributed by atoms with E-state index in [-0.39, 0.29) is 5.60 Å². The molecule has 3 heteroatoms. The Balaban J connectivity index is 2.43. The van der Waals surface area contributed by atoms with Gasteiger partial charge in [0.2, 0.25) is 0 Å². The van der Waals surface area contributed by atoms with Gasteiger partial charge in [-0.2, -0.15) is 0 Å². The van der Waals surface area contributed by atoms with Crippen LogP contribution in [0.1, 0.15) is 19.4 Å². The van der Waals surface area contributed by atoms with Crippen LogP contribution in [0.4, 0.5) is 0 Å². The maximum absolute atomic E-state index is 5.98. The van der Waals surface area contributed by atoms with Gasteiger partial charge in [-0.25, -0.2) is 0 Å². The van der Waals surface area contributed by atoms with Crippen LogP contribution < -0.4 is 14.8 Å². The number of rotatable bonds is 1. The molecule has 1 N–H and O–H groups in total. The quantitative estimate of drug-likeness (QED) is 0.763. The van der Waals surface area contributed by atoms with Gasteiger partial charge in [0.05, 0.1) is 7.11 Å². The number of benzene rings is 1. The molecular formula is C12H17NO2. The summed E-state index contributed by atoms with van der Waals surface area (Å²) >= 11 is 0. The lowest BCUT2D eigenvalue weighted by Gasteiger charge is -2.25. The van der Waals surface area contributed by atoms with Gasteiger partial charge in [0.1, 0.15) is 5.60 Å². The second-order valence-corrected chi connectivity index (χ2v) is 4.41. The average molecular weight is 207 g/mol. The van der Waals surface area contributed by atoms with Crippen molar-refractivity contribution < 1.29 is 9.47 Å². The number of nitrogens with one attached hydrogen (secondary N) is 1. The molecule has 1 aliphatic rings. The Labute approximate surface area is 90.4 Å². The Bertz CT molecular complexity index is 361. The van der Waals surface area contributed by atoms with E-state index in [4.69, 9.17) is 9.47 Å². The zero-order valence-electron chi connectivity index (χ0n) is 9.46. The Morgan fingerprint density at radius 1 is 1.40 bits per heavy atom. The molecule has 1 heterocycles. The van der Waals surface area contributed by atoms with Gasteiger partial charge in [-0.3, -0.25) is 0 Å². The van der Waals surface area contributed by atoms with Gasteiger partial charge >= 0.3 is 0 Å². The molecule has 1 aromatic carbocycles. The number of para-hydroxylation sites is 1. The summed E-state index contributed by atoms with van der Waals surface area (Å²) < 4.78 is 11.3. The summed E-state index contributed by atoms with van der Waals surface area (Å²) in [5.74, 6) is 1.68. The fourth-order valence-electron chi connectivity index (χ4n) is 1.79. The Morgan fingerprint density at radius 2 is 2.20 bits per heavy atom. The Morgan fingerprint density at radius 3 is 2.93 bits per heavy atom. The van der Waals surface area contributed by atoms with Crippen molar-refractivity contribution >= 4 is 0 Å². The third-order valence-electron chi connectivity index (χ3n) is 2.52. The van der Waals surface area contributed by atoms with Crippen molar-refractivity contribution in [3.63, 3.8) is 0 Å². The SMILES string of the molecule is COc1cccc2c1OC(C)(C)CNC2. The average Bonchev–Trinajstić information content (AvgIpc) is 2.34. The molecule has 82 valence electrons. The van der Waals surface area contributed by atoms with Crippen molar-refractivity contribution in [1.29, 1.82) is 0 Å². The molecule has 2 rings (SSSR count). The number of hydrogen-bond acceptors (Lipinski definition) is 3. The highest BCUT2D eigenvalue weighted by molar-refractivity contribution is 5.47. The molecule has 0 aliphatic carbocycles. The highest BCUT2D eigenvalue weighted by Crippen LogP contribution is 2.35. The standard InChI is InChI=1S/C12H17NO2/c1-12(2)8-13-7-9-5-4-6-10(14-3)11(9)15-12/h4-6,13H,7-8H2,1-3H3. The lowest BCUT2D eigenvalue weighted by Crippen LogP contribution is -2.37. The number of fused-ring (bicyclic) bond motifs is 1. The van der Waals surface area contributed by atoms with Crippen LogP contribution in [0.5, 0.6) is 11.5 Å². The van der Waals surface area contributed by atoms with Gasteiger partial charge in [0.15, 0.2) is 11.5 Å². The van der Waals surface area contributed by atoms with Gasteiger partial charge in [-0.1, -0.05) is 12.1 Å². The summed E-state index contributed by atoms with van der Waals surface area (Å²) in [6, 6.07) is 5.98. The van der Waals surface area contributed by atoms with Crippen molar-refractivity contribution in [1.82, 2.24) is 5.32 Å².